The number of hydrogen-bond donors (Lipinski definition) is 1. The predicted molar refractivity (Wildman–Crippen MR) is 77.5 cm³/mol. The van der Waals surface area contributed by atoms with E-state index in [4.69, 9.17) is 9.47 Å². The summed E-state index contributed by atoms with van der Waals surface area (Å²) >= 11 is 0. The molecule has 0 aromatic carbocycles. The smallest absolute Gasteiger partial charge is 0.171 e. The van der Waals surface area contributed by atoms with Crippen molar-refractivity contribution < 1.29 is 14.6 Å². The van der Waals surface area contributed by atoms with Gasteiger partial charge >= 0.3 is 0 Å². The average Bonchev–Trinajstić information content (AvgIpc) is 2.78. The second kappa shape index (κ2) is 5.56. The van der Waals surface area contributed by atoms with E-state index in [1.165, 1.54) is 0 Å². The van der Waals surface area contributed by atoms with Crippen molar-refractivity contribution in [2.75, 3.05) is 26.2 Å². The average molecular weight is 283 g/mol. The van der Waals surface area contributed by atoms with E-state index in [1.54, 1.807) is 0 Å². The third-order valence-electron chi connectivity index (χ3n) is 5.34. The van der Waals surface area contributed by atoms with Gasteiger partial charge in [0.1, 0.15) is 0 Å². The maximum absolute atomic E-state index is 10.7. The van der Waals surface area contributed by atoms with Crippen LogP contribution in [-0.2, 0) is 9.47 Å². The first kappa shape index (κ1) is 14.8. The normalized spacial score (nSPS) is 42.1. The molecule has 0 radical (unpaired) electrons. The quantitative estimate of drug-likeness (QED) is 0.843. The molecule has 0 unspecified atom stereocenters. The zero-order valence-corrected chi connectivity index (χ0v) is 12.9. The van der Waals surface area contributed by atoms with Crippen LogP contribution < -0.4 is 0 Å². The van der Waals surface area contributed by atoms with Crippen LogP contribution >= 0.6 is 0 Å². The minimum atomic E-state index is -0.457. The molecule has 3 fully saturated rings. The Hall–Kier alpha value is -0.160. The van der Waals surface area contributed by atoms with Crippen molar-refractivity contribution in [1.29, 1.82) is 0 Å². The highest BCUT2D eigenvalue weighted by molar-refractivity contribution is 4.91. The van der Waals surface area contributed by atoms with Gasteiger partial charge in [-0.15, -0.1) is 0 Å². The molecule has 1 saturated carbocycles. The van der Waals surface area contributed by atoms with Crippen molar-refractivity contribution in [1.82, 2.24) is 4.90 Å². The number of piperidine rings is 1. The van der Waals surface area contributed by atoms with Gasteiger partial charge in [-0.25, -0.2) is 0 Å². The number of hydrogen-bond acceptors (Lipinski definition) is 4. The van der Waals surface area contributed by atoms with E-state index in [0.717, 1.165) is 70.7 Å². The number of likely N-dealkylation sites (tertiary alicyclic amines) is 1. The number of β-amino-alcohol motifs (C(OH)–C–C–N with tert-alkyl or cyclic N) is 1. The van der Waals surface area contributed by atoms with Gasteiger partial charge in [0.05, 0.1) is 18.3 Å². The Morgan fingerprint density at radius 2 is 1.75 bits per heavy atom. The van der Waals surface area contributed by atoms with E-state index in [0.29, 0.717) is 0 Å². The van der Waals surface area contributed by atoms with Gasteiger partial charge in [0, 0.05) is 32.5 Å². The van der Waals surface area contributed by atoms with E-state index in [9.17, 15) is 5.11 Å². The molecule has 0 bridgehead atoms. The molecule has 0 aromatic heterocycles. The molecule has 20 heavy (non-hydrogen) atoms. The zero-order chi connectivity index (χ0) is 14.2. The minimum Gasteiger partial charge on any atom is -0.389 e. The summed E-state index contributed by atoms with van der Waals surface area (Å²) in [6.07, 6.45) is 6.34. The highest BCUT2D eigenvalue weighted by Gasteiger charge is 2.44. The molecule has 2 saturated heterocycles. The standard InChI is InChI=1S/C16H29NO3/c1-13-3-5-15(18,6-4-13)12-17-9-7-16(8-10-17)19-11-14(2)20-16/h13-14,18H,3-12H2,1-2H3/t13?,14-,15?/m1/s1. The van der Waals surface area contributed by atoms with Gasteiger partial charge in [0.15, 0.2) is 5.79 Å². The molecule has 0 aromatic rings. The molecule has 2 aliphatic heterocycles. The highest BCUT2D eigenvalue weighted by Crippen LogP contribution is 2.36. The molecule has 4 nitrogen and oxygen atoms in total. The van der Waals surface area contributed by atoms with Crippen LogP contribution in [0.1, 0.15) is 52.4 Å². The van der Waals surface area contributed by atoms with Crippen LogP contribution in [0.4, 0.5) is 0 Å². The molecule has 3 aliphatic rings. The topological polar surface area (TPSA) is 41.9 Å². The van der Waals surface area contributed by atoms with Crippen LogP contribution in [-0.4, -0.2) is 53.7 Å². The third-order valence-corrected chi connectivity index (χ3v) is 5.34. The zero-order valence-electron chi connectivity index (χ0n) is 12.9. The minimum absolute atomic E-state index is 0.227. The SMILES string of the molecule is CC1CCC(O)(CN2CCC3(CC2)OC[C@@H](C)O3)CC1. The van der Waals surface area contributed by atoms with Crippen LogP contribution in [0.15, 0.2) is 0 Å². The fourth-order valence-corrected chi connectivity index (χ4v) is 3.89. The van der Waals surface area contributed by atoms with Crippen molar-refractivity contribution in [3.8, 4) is 0 Å². The molecular formula is C16H29NO3. The van der Waals surface area contributed by atoms with E-state index in [1.807, 2.05) is 0 Å². The predicted octanol–water partition coefficient (Wildman–Crippen LogP) is 2.16. The Labute approximate surface area is 122 Å². The van der Waals surface area contributed by atoms with Crippen LogP contribution in [0.2, 0.25) is 0 Å². The van der Waals surface area contributed by atoms with Crippen molar-refractivity contribution in [3.63, 3.8) is 0 Å². The Morgan fingerprint density at radius 1 is 1.10 bits per heavy atom. The van der Waals surface area contributed by atoms with E-state index >= 15 is 0 Å². The molecular weight excluding hydrogens is 254 g/mol. The monoisotopic (exact) mass is 283 g/mol. The molecule has 2 heterocycles. The largest absolute Gasteiger partial charge is 0.389 e. The van der Waals surface area contributed by atoms with Gasteiger partial charge in [-0.1, -0.05) is 6.92 Å². The van der Waals surface area contributed by atoms with Crippen molar-refractivity contribution in [3.05, 3.63) is 0 Å². The maximum Gasteiger partial charge on any atom is 0.171 e. The van der Waals surface area contributed by atoms with Crippen molar-refractivity contribution in [2.45, 2.75) is 69.9 Å². The summed E-state index contributed by atoms with van der Waals surface area (Å²) in [5.74, 6) is 0.460. The Balaban J connectivity index is 1.49. The third kappa shape index (κ3) is 3.19. The highest BCUT2D eigenvalue weighted by atomic mass is 16.7. The summed E-state index contributed by atoms with van der Waals surface area (Å²) in [6, 6.07) is 0. The fraction of sp³-hybridized carbons (Fsp3) is 1.00. The van der Waals surface area contributed by atoms with Gasteiger partial charge in [0.2, 0.25) is 0 Å². The van der Waals surface area contributed by atoms with Crippen molar-refractivity contribution >= 4 is 0 Å². The summed E-state index contributed by atoms with van der Waals surface area (Å²) in [6.45, 7) is 7.87. The van der Waals surface area contributed by atoms with Crippen LogP contribution in [0, 0.1) is 5.92 Å². The van der Waals surface area contributed by atoms with E-state index in [2.05, 4.69) is 18.7 Å². The molecule has 3 rings (SSSR count). The second-order valence-electron chi connectivity index (χ2n) is 7.33. The first-order valence-corrected chi connectivity index (χ1v) is 8.25. The lowest BCUT2D eigenvalue weighted by molar-refractivity contribution is -0.197. The molecule has 0 amide bonds. The number of aliphatic hydroxyl groups is 1. The number of ether oxygens (including phenoxy) is 2. The van der Waals surface area contributed by atoms with Gasteiger partial charge in [0.25, 0.3) is 0 Å². The first-order chi connectivity index (χ1) is 9.49. The van der Waals surface area contributed by atoms with Gasteiger partial charge in [-0.05, 0) is 38.5 Å². The number of rotatable bonds is 2. The van der Waals surface area contributed by atoms with Gasteiger partial charge in [-0.2, -0.15) is 0 Å². The summed E-state index contributed by atoms with van der Waals surface area (Å²) in [4.78, 5) is 2.40. The molecule has 116 valence electrons. The Kier molecular flexibility index (Phi) is 4.10. The summed E-state index contributed by atoms with van der Waals surface area (Å²) < 4.78 is 11.8. The first-order valence-electron chi connectivity index (χ1n) is 8.25. The van der Waals surface area contributed by atoms with E-state index in [-0.39, 0.29) is 11.9 Å². The second-order valence-corrected chi connectivity index (χ2v) is 7.33. The lowest BCUT2D eigenvalue weighted by atomic mass is 9.79. The summed E-state index contributed by atoms with van der Waals surface area (Å²) in [7, 11) is 0. The Morgan fingerprint density at radius 3 is 2.30 bits per heavy atom. The molecule has 4 heteroatoms. The van der Waals surface area contributed by atoms with Gasteiger partial charge < -0.3 is 19.5 Å². The van der Waals surface area contributed by atoms with Gasteiger partial charge in [-0.3, -0.25) is 0 Å². The molecule has 1 N–H and O–H groups in total. The Bertz CT molecular complexity index is 331. The van der Waals surface area contributed by atoms with E-state index < -0.39 is 5.60 Å². The molecule has 1 atom stereocenters. The van der Waals surface area contributed by atoms with Crippen molar-refractivity contribution in [2.24, 2.45) is 5.92 Å². The molecule has 1 spiro atoms. The lowest BCUT2D eigenvalue weighted by Crippen LogP contribution is -2.51. The number of nitrogens with zero attached hydrogens (tertiary/aromatic N) is 1. The summed E-state index contributed by atoms with van der Waals surface area (Å²) in [5, 5.41) is 10.7. The maximum atomic E-state index is 10.7. The van der Waals surface area contributed by atoms with Crippen LogP contribution in [0.3, 0.4) is 0 Å². The summed E-state index contributed by atoms with van der Waals surface area (Å²) in [5.41, 5.74) is -0.457. The van der Waals surface area contributed by atoms with Crippen LogP contribution in [0.5, 0.6) is 0 Å². The lowest BCUT2D eigenvalue weighted by Gasteiger charge is -2.43. The van der Waals surface area contributed by atoms with Crippen LogP contribution in [0.25, 0.3) is 0 Å². The fourth-order valence-electron chi connectivity index (χ4n) is 3.89. The molecule has 1 aliphatic carbocycles.